The molecule has 0 saturated carbocycles. The summed E-state index contributed by atoms with van der Waals surface area (Å²) in [6.07, 6.45) is 1.34. The van der Waals surface area contributed by atoms with Crippen molar-refractivity contribution in [1.29, 1.82) is 0 Å². The highest BCUT2D eigenvalue weighted by Crippen LogP contribution is 2.19. The highest BCUT2D eigenvalue weighted by Gasteiger charge is 2.12. The molecule has 1 aromatic rings. The number of hydrogen-bond donors (Lipinski definition) is 3. The Morgan fingerprint density at radius 2 is 2.36 bits per heavy atom. The van der Waals surface area contributed by atoms with Gasteiger partial charge in [0.25, 0.3) is 0 Å². The van der Waals surface area contributed by atoms with E-state index in [1.54, 1.807) is 0 Å². The van der Waals surface area contributed by atoms with Crippen LogP contribution in [0.4, 0.5) is 0 Å². The van der Waals surface area contributed by atoms with Crippen LogP contribution in [0.1, 0.15) is 22.1 Å². The van der Waals surface area contributed by atoms with Gasteiger partial charge in [0.1, 0.15) is 0 Å². The molecule has 0 aliphatic heterocycles. The Balaban J connectivity index is 3.06. The molecular weight excluding hydrogens is 252 g/mol. The standard InChI is InChI=1S/C8H9BrN2O3/c9-5-1-4(6(10)3-12)2-11-7(5)8(13)14/h1-2,6,12H,3,10H2,(H,13,14)/t6-/m1/s1. The summed E-state index contributed by atoms with van der Waals surface area (Å²) in [5.41, 5.74) is 6.05. The summed E-state index contributed by atoms with van der Waals surface area (Å²) in [5.74, 6) is -1.11. The topological polar surface area (TPSA) is 96.4 Å². The first kappa shape index (κ1) is 11.1. The van der Waals surface area contributed by atoms with Gasteiger partial charge in [0.2, 0.25) is 0 Å². The predicted molar refractivity (Wildman–Crippen MR) is 52.9 cm³/mol. The van der Waals surface area contributed by atoms with E-state index >= 15 is 0 Å². The molecule has 0 amide bonds. The quantitative estimate of drug-likeness (QED) is 0.737. The highest BCUT2D eigenvalue weighted by atomic mass is 79.9. The maximum Gasteiger partial charge on any atom is 0.355 e. The lowest BCUT2D eigenvalue weighted by atomic mass is 10.1. The van der Waals surface area contributed by atoms with Gasteiger partial charge in [0.15, 0.2) is 5.69 Å². The summed E-state index contributed by atoms with van der Waals surface area (Å²) >= 11 is 3.06. The molecule has 0 unspecified atom stereocenters. The Labute approximate surface area is 88.7 Å². The highest BCUT2D eigenvalue weighted by molar-refractivity contribution is 9.10. The van der Waals surface area contributed by atoms with Gasteiger partial charge in [-0.2, -0.15) is 0 Å². The molecule has 6 heteroatoms. The molecule has 0 aliphatic carbocycles. The molecule has 0 fully saturated rings. The van der Waals surface area contributed by atoms with Crippen LogP contribution in [0.5, 0.6) is 0 Å². The number of rotatable bonds is 3. The van der Waals surface area contributed by atoms with Crippen LogP contribution in [0.25, 0.3) is 0 Å². The second-order valence-corrected chi connectivity index (χ2v) is 3.55. The van der Waals surface area contributed by atoms with Gasteiger partial charge in [-0.25, -0.2) is 9.78 Å². The number of nitrogens with two attached hydrogens (primary N) is 1. The monoisotopic (exact) mass is 260 g/mol. The van der Waals surface area contributed by atoms with Crippen molar-refractivity contribution in [2.45, 2.75) is 6.04 Å². The number of aliphatic hydroxyl groups excluding tert-OH is 1. The van der Waals surface area contributed by atoms with E-state index in [1.807, 2.05) is 0 Å². The predicted octanol–water partition coefficient (Wildman–Crippen LogP) is 0.534. The van der Waals surface area contributed by atoms with Crippen molar-refractivity contribution in [3.8, 4) is 0 Å². The molecule has 4 N–H and O–H groups in total. The maximum absolute atomic E-state index is 10.6. The summed E-state index contributed by atoms with van der Waals surface area (Å²) in [4.78, 5) is 14.3. The number of halogens is 1. The average Bonchev–Trinajstić information content (AvgIpc) is 2.15. The first-order chi connectivity index (χ1) is 6.56. The molecule has 0 radical (unpaired) electrons. The summed E-state index contributed by atoms with van der Waals surface area (Å²) in [5, 5.41) is 17.5. The van der Waals surface area contributed by atoms with Gasteiger partial charge < -0.3 is 15.9 Å². The van der Waals surface area contributed by atoms with Crippen LogP contribution in [-0.2, 0) is 0 Å². The number of aromatic carboxylic acids is 1. The molecule has 0 spiro atoms. The average molecular weight is 261 g/mol. The number of carboxylic acids is 1. The third-order valence-corrected chi connectivity index (χ3v) is 2.29. The minimum Gasteiger partial charge on any atom is -0.476 e. The second kappa shape index (κ2) is 4.50. The van der Waals surface area contributed by atoms with Gasteiger partial charge in [-0.1, -0.05) is 0 Å². The second-order valence-electron chi connectivity index (χ2n) is 2.69. The van der Waals surface area contributed by atoms with E-state index in [4.69, 9.17) is 15.9 Å². The molecule has 0 bridgehead atoms. The number of pyridine rings is 1. The largest absolute Gasteiger partial charge is 0.476 e. The number of carbonyl (C=O) groups is 1. The van der Waals surface area contributed by atoms with Gasteiger partial charge in [-0.05, 0) is 27.6 Å². The minimum absolute atomic E-state index is 0.0705. The molecule has 14 heavy (non-hydrogen) atoms. The van der Waals surface area contributed by atoms with Gasteiger partial charge in [-0.15, -0.1) is 0 Å². The van der Waals surface area contributed by atoms with Crippen LogP contribution in [0.15, 0.2) is 16.7 Å². The van der Waals surface area contributed by atoms with Crippen molar-refractivity contribution in [1.82, 2.24) is 4.98 Å². The smallest absolute Gasteiger partial charge is 0.355 e. The Hall–Kier alpha value is -0.980. The van der Waals surface area contributed by atoms with Crippen LogP contribution < -0.4 is 5.73 Å². The van der Waals surface area contributed by atoms with Crippen LogP contribution >= 0.6 is 15.9 Å². The zero-order chi connectivity index (χ0) is 10.7. The molecule has 5 nitrogen and oxygen atoms in total. The third-order valence-electron chi connectivity index (χ3n) is 1.69. The summed E-state index contributed by atoms with van der Waals surface area (Å²) < 4.78 is 0.353. The molecular formula is C8H9BrN2O3. The van der Waals surface area contributed by atoms with Crippen molar-refractivity contribution < 1.29 is 15.0 Å². The minimum atomic E-state index is -1.11. The van der Waals surface area contributed by atoms with Crippen molar-refractivity contribution in [2.75, 3.05) is 6.61 Å². The van der Waals surface area contributed by atoms with Crippen LogP contribution in [-0.4, -0.2) is 27.8 Å². The van der Waals surface area contributed by atoms with Crippen molar-refractivity contribution in [3.63, 3.8) is 0 Å². The first-order valence-corrected chi connectivity index (χ1v) is 4.60. The summed E-state index contributed by atoms with van der Waals surface area (Å²) in [7, 11) is 0. The first-order valence-electron chi connectivity index (χ1n) is 3.81. The van der Waals surface area contributed by atoms with E-state index in [9.17, 15) is 4.79 Å². The maximum atomic E-state index is 10.6. The van der Waals surface area contributed by atoms with E-state index in [-0.39, 0.29) is 12.3 Å². The van der Waals surface area contributed by atoms with Crippen molar-refractivity contribution in [3.05, 3.63) is 28.0 Å². The molecule has 1 aromatic heterocycles. The molecule has 1 rings (SSSR count). The number of aliphatic hydroxyl groups is 1. The number of aromatic nitrogens is 1. The lowest BCUT2D eigenvalue weighted by molar-refractivity contribution is 0.0689. The third kappa shape index (κ3) is 2.28. The van der Waals surface area contributed by atoms with E-state index in [2.05, 4.69) is 20.9 Å². The summed E-state index contributed by atoms with van der Waals surface area (Å²) in [6, 6.07) is 0.999. The van der Waals surface area contributed by atoms with E-state index < -0.39 is 12.0 Å². The van der Waals surface area contributed by atoms with Crippen LogP contribution in [0, 0.1) is 0 Å². The number of nitrogens with zero attached hydrogens (tertiary/aromatic N) is 1. The Bertz CT molecular complexity index is 356. The van der Waals surface area contributed by atoms with Gasteiger partial charge in [0, 0.05) is 6.20 Å². The SMILES string of the molecule is N[C@H](CO)c1cnc(C(=O)O)c(Br)c1. The van der Waals surface area contributed by atoms with E-state index in [0.717, 1.165) is 0 Å². The number of hydrogen-bond acceptors (Lipinski definition) is 4. The Morgan fingerprint density at radius 1 is 1.71 bits per heavy atom. The molecule has 1 atom stereocenters. The molecule has 0 aliphatic rings. The van der Waals surface area contributed by atoms with Gasteiger partial charge in [0.05, 0.1) is 17.1 Å². The van der Waals surface area contributed by atoms with Crippen LogP contribution in [0.2, 0.25) is 0 Å². The molecule has 76 valence electrons. The molecule has 0 aromatic carbocycles. The Kier molecular flexibility index (Phi) is 3.56. The van der Waals surface area contributed by atoms with Crippen molar-refractivity contribution in [2.24, 2.45) is 5.73 Å². The van der Waals surface area contributed by atoms with E-state index in [1.165, 1.54) is 12.3 Å². The zero-order valence-corrected chi connectivity index (χ0v) is 8.73. The lowest BCUT2D eigenvalue weighted by Gasteiger charge is -2.08. The zero-order valence-electron chi connectivity index (χ0n) is 7.14. The molecule has 1 heterocycles. The fourth-order valence-electron chi connectivity index (χ4n) is 0.918. The van der Waals surface area contributed by atoms with Crippen LogP contribution in [0.3, 0.4) is 0 Å². The molecule has 0 saturated heterocycles. The normalized spacial score (nSPS) is 12.5. The lowest BCUT2D eigenvalue weighted by Crippen LogP contribution is -2.15. The van der Waals surface area contributed by atoms with Gasteiger partial charge >= 0.3 is 5.97 Å². The fraction of sp³-hybridized carbons (Fsp3) is 0.250. The fourth-order valence-corrected chi connectivity index (χ4v) is 1.45. The Morgan fingerprint density at radius 3 is 2.79 bits per heavy atom. The number of carboxylic acid groups (broad SMARTS) is 1. The summed E-state index contributed by atoms with van der Waals surface area (Å²) in [6.45, 7) is -0.208. The van der Waals surface area contributed by atoms with Crippen molar-refractivity contribution >= 4 is 21.9 Å². The van der Waals surface area contributed by atoms with Gasteiger partial charge in [-0.3, -0.25) is 0 Å². The van der Waals surface area contributed by atoms with E-state index in [0.29, 0.717) is 10.0 Å².